The van der Waals surface area contributed by atoms with Crippen molar-refractivity contribution in [3.63, 3.8) is 0 Å². The highest BCUT2D eigenvalue weighted by Gasteiger charge is 2.05. The Balaban J connectivity index is 0.000000207. The Morgan fingerprint density at radius 1 is 0.667 bits per heavy atom. The van der Waals surface area contributed by atoms with Gasteiger partial charge in [0.1, 0.15) is 0 Å². The van der Waals surface area contributed by atoms with Crippen LogP contribution in [-0.2, 0) is 0 Å². The number of tetrazole rings is 1. The third-order valence-electron chi connectivity index (χ3n) is 5.05. The minimum absolute atomic E-state index is 0.0194. The lowest BCUT2D eigenvalue weighted by atomic mass is 10.1. The molecule has 0 aliphatic heterocycles. The van der Waals surface area contributed by atoms with Gasteiger partial charge in [0.15, 0.2) is 17.3 Å². The van der Waals surface area contributed by atoms with Crippen molar-refractivity contribution >= 4 is 40.2 Å². The molecular weight excluding hydrogens is 528 g/mol. The maximum absolute atomic E-state index is 11.2. The summed E-state index contributed by atoms with van der Waals surface area (Å²) in [7, 11) is 0. The van der Waals surface area contributed by atoms with Crippen LogP contribution in [0.1, 0.15) is 72.6 Å². The summed E-state index contributed by atoms with van der Waals surface area (Å²) in [6.45, 7) is 4.39. The Bertz CT molecular complexity index is 1410. The average molecular weight is 551 g/mol. The molecule has 2 N–H and O–H groups in total. The lowest BCUT2D eigenvalue weighted by Gasteiger charge is -1.98. The van der Waals surface area contributed by atoms with Crippen molar-refractivity contribution in [1.29, 1.82) is 0 Å². The maximum atomic E-state index is 11.2. The van der Waals surface area contributed by atoms with Gasteiger partial charge in [0.25, 0.3) is 5.24 Å². The van der Waals surface area contributed by atoms with Gasteiger partial charge in [0, 0.05) is 22.3 Å². The fraction of sp³-hybridized carbons (Fsp3) is 0.111. The standard InChI is InChI=1S/C9H7ClO2.C9H8N4O2.C9H8O3/c1-6(11)7-2-4-8(5-3-7)9(10)12;1-6(14)7-2-4-8(5-3-7)13-9(15)10-11-12-13;1-6(10)7-2-4-8(5-3-7)9(11)12/h2-5H,1H3;2-5H,1H3,(H,10,12,15);2-5H,1H3,(H,11,12). The number of carboxylic acids is 1. The molecule has 0 spiro atoms. The molecule has 0 aliphatic carbocycles. The third kappa shape index (κ3) is 9.09. The SMILES string of the molecule is CC(=O)c1ccc(-n2nn[nH]c2=O)cc1.CC(=O)c1ccc(C(=O)Cl)cc1.CC(=O)c1ccc(C(=O)O)cc1. The predicted octanol–water partition coefficient (Wildman–Crippen LogP) is 4.01. The van der Waals surface area contributed by atoms with Crippen molar-refractivity contribution in [3.8, 4) is 5.69 Å². The molecule has 0 unspecified atom stereocenters. The first-order chi connectivity index (χ1) is 18.4. The molecule has 0 saturated carbocycles. The van der Waals surface area contributed by atoms with Gasteiger partial charge in [-0.15, -0.1) is 0 Å². The van der Waals surface area contributed by atoms with Crippen LogP contribution < -0.4 is 5.69 Å². The summed E-state index contributed by atoms with van der Waals surface area (Å²) < 4.78 is 1.11. The van der Waals surface area contributed by atoms with E-state index in [0.717, 1.165) is 4.68 Å². The van der Waals surface area contributed by atoms with Gasteiger partial charge in [-0.1, -0.05) is 24.3 Å². The summed E-state index contributed by atoms with van der Waals surface area (Å²) in [6, 6.07) is 18.6. The molecule has 200 valence electrons. The first-order valence-corrected chi connectivity index (χ1v) is 11.6. The minimum Gasteiger partial charge on any atom is -0.478 e. The summed E-state index contributed by atoms with van der Waals surface area (Å²) in [5.41, 5.74) is 2.46. The monoisotopic (exact) mass is 550 g/mol. The van der Waals surface area contributed by atoms with Crippen LogP contribution in [-0.4, -0.2) is 53.9 Å². The Hall–Kier alpha value is -5.03. The number of hydrogen-bond acceptors (Lipinski definition) is 8. The van der Waals surface area contributed by atoms with Gasteiger partial charge in [-0.25, -0.2) is 14.7 Å². The first-order valence-electron chi connectivity index (χ1n) is 11.2. The number of nitrogens with zero attached hydrogens (tertiary/aromatic N) is 3. The maximum Gasteiger partial charge on any atom is 0.365 e. The summed E-state index contributed by atoms with van der Waals surface area (Å²) in [5.74, 6) is -1.09. The van der Waals surface area contributed by atoms with Crippen LogP contribution in [0.15, 0.2) is 77.6 Å². The van der Waals surface area contributed by atoms with Crippen molar-refractivity contribution in [2.75, 3.05) is 0 Å². The largest absolute Gasteiger partial charge is 0.478 e. The van der Waals surface area contributed by atoms with Crippen molar-refractivity contribution in [3.05, 3.63) is 111 Å². The molecular formula is C27H23ClN4O7. The normalized spacial score (nSPS) is 9.74. The van der Waals surface area contributed by atoms with E-state index in [4.69, 9.17) is 16.7 Å². The summed E-state index contributed by atoms with van der Waals surface area (Å²) in [6.07, 6.45) is 0. The Kier molecular flexibility index (Phi) is 10.9. The van der Waals surface area contributed by atoms with Crippen LogP contribution in [0.5, 0.6) is 0 Å². The molecule has 0 fully saturated rings. The molecule has 0 saturated heterocycles. The van der Waals surface area contributed by atoms with Crippen LogP contribution in [0, 0.1) is 0 Å². The van der Waals surface area contributed by atoms with E-state index in [2.05, 4.69) is 15.5 Å². The number of H-pyrrole nitrogens is 1. The number of hydrogen-bond donors (Lipinski definition) is 2. The van der Waals surface area contributed by atoms with Gasteiger partial charge in [0.05, 0.1) is 11.3 Å². The number of ketones is 3. The number of carbonyl (C=O) groups excluding carboxylic acids is 4. The number of carbonyl (C=O) groups is 5. The Morgan fingerprint density at radius 2 is 1.03 bits per heavy atom. The second-order valence-corrected chi connectivity index (χ2v) is 8.21. The number of carboxylic acid groups (broad SMARTS) is 1. The van der Waals surface area contributed by atoms with Gasteiger partial charge in [-0.2, -0.15) is 4.68 Å². The van der Waals surface area contributed by atoms with Crippen molar-refractivity contribution in [1.82, 2.24) is 20.2 Å². The van der Waals surface area contributed by atoms with Gasteiger partial charge in [-0.05, 0) is 91.3 Å². The molecule has 11 nitrogen and oxygen atoms in total. The number of aromatic amines is 1. The van der Waals surface area contributed by atoms with E-state index >= 15 is 0 Å². The lowest BCUT2D eigenvalue weighted by Crippen LogP contribution is -2.15. The zero-order valence-electron chi connectivity index (χ0n) is 21.0. The first kappa shape index (κ1) is 30.2. The topological polar surface area (TPSA) is 169 Å². The van der Waals surface area contributed by atoms with Crippen LogP contribution in [0.25, 0.3) is 5.69 Å². The van der Waals surface area contributed by atoms with E-state index < -0.39 is 16.9 Å². The quantitative estimate of drug-likeness (QED) is 0.266. The third-order valence-corrected chi connectivity index (χ3v) is 5.27. The van der Waals surface area contributed by atoms with Crippen molar-refractivity contribution in [2.45, 2.75) is 20.8 Å². The molecule has 1 aromatic heterocycles. The number of Topliss-reactive ketones (excluding diaryl/α,β-unsaturated/α-hetero) is 3. The molecule has 39 heavy (non-hydrogen) atoms. The Morgan fingerprint density at radius 3 is 1.33 bits per heavy atom. The lowest BCUT2D eigenvalue weighted by molar-refractivity contribution is 0.0695. The number of benzene rings is 3. The second-order valence-electron chi connectivity index (χ2n) is 7.87. The van der Waals surface area contributed by atoms with Crippen molar-refractivity contribution < 1.29 is 29.1 Å². The number of aromatic nitrogens is 4. The van der Waals surface area contributed by atoms with Crippen LogP contribution in [0.4, 0.5) is 0 Å². The molecule has 3 aromatic carbocycles. The molecule has 12 heteroatoms. The molecule has 4 rings (SSSR count). The van der Waals surface area contributed by atoms with Gasteiger partial charge in [0.2, 0.25) is 0 Å². The predicted molar refractivity (Wildman–Crippen MR) is 142 cm³/mol. The molecule has 0 aliphatic rings. The van der Waals surface area contributed by atoms with E-state index in [0.29, 0.717) is 27.9 Å². The number of rotatable bonds is 6. The highest BCUT2D eigenvalue weighted by atomic mass is 35.5. The number of nitrogens with one attached hydrogen (secondary N) is 1. The van der Waals surface area contributed by atoms with Gasteiger partial charge < -0.3 is 5.11 Å². The van der Waals surface area contributed by atoms with Gasteiger partial charge in [-0.3, -0.25) is 19.2 Å². The molecule has 0 bridgehead atoms. The average Bonchev–Trinajstić information content (AvgIpc) is 3.35. The smallest absolute Gasteiger partial charge is 0.365 e. The van der Waals surface area contributed by atoms with E-state index in [-0.39, 0.29) is 22.9 Å². The van der Waals surface area contributed by atoms with E-state index in [9.17, 15) is 28.8 Å². The molecule has 0 radical (unpaired) electrons. The van der Waals surface area contributed by atoms with Crippen LogP contribution in [0.3, 0.4) is 0 Å². The highest BCUT2D eigenvalue weighted by molar-refractivity contribution is 6.67. The van der Waals surface area contributed by atoms with E-state index in [1.165, 1.54) is 57.2 Å². The second kappa shape index (κ2) is 14.1. The van der Waals surface area contributed by atoms with E-state index in [1.807, 2.05) is 0 Å². The fourth-order valence-corrected chi connectivity index (χ4v) is 3.01. The van der Waals surface area contributed by atoms with Gasteiger partial charge >= 0.3 is 11.7 Å². The minimum atomic E-state index is -0.981. The Labute approximate surface area is 227 Å². The van der Waals surface area contributed by atoms with Crippen LogP contribution >= 0.6 is 11.6 Å². The zero-order valence-corrected chi connectivity index (χ0v) is 21.8. The number of halogens is 1. The highest BCUT2D eigenvalue weighted by Crippen LogP contribution is 2.08. The molecule has 0 amide bonds. The summed E-state index contributed by atoms with van der Waals surface area (Å²) in [4.78, 5) is 64.8. The van der Waals surface area contributed by atoms with Crippen molar-refractivity contribution in [2.24, 2.45) is 0 Å². The summed E-state index contributed by atoms with van der Waals surface area (Å²) >= 11 is 5.21. The summed E-state index contributed by atoms with van der Waals surface area (Å²) in [5, 5.41) is 17.1. The molecule has 1 heterocycles. The molecule has 0 atom stereocenters. The zero-order chi connectivity index (χ0) is 29.1. The number of aromatic carboxylic acids is 1. The van der Waals surface area contributed by atoms with E-state index in [1.54, 1.807) is 36.4 Å². The fourth-order valence-electron chi connectivity index (χ4n) is 2.89. The van der Waals surface area contributed by atoms with Crippen LogP contribution in [0.2, 0.25) is 0 Å². The molecule has 4 aromatic rings.